The van der Waals surface area contributed by atoms with Gasteiger partial charge in [-0.2, -0.15) is 0 Å². The average Bonchev–Trinajstić information content (AvgIpc) is 3.33. The molecule has 0 radical (unpaired) electrons. The number of aromatic amines is 1. The summed E-state index contributed by atoms with van der Waals surface area (Å²) in [4.78, 5) is 13.5. The molecule has 0 aliphatic heterocycles. The van der Waals surface area contributed by atoms with Crippen molar-refractivity contribution in [1.29, 1.82) is 0 Å². The molecule has 0 aliphatic rings. The summed E-state index contributed by atoms with van der Waals surface area (Å²) in [5, 5.41) is 16.7. The maximum absolute atomic E-state index is 11.4. The SMILES string of the molecule is CCC(CC)(c1ccc(OCC(O)C(C)(C)C)c(C)c1)c1cc(C)c(-c2n[nH]c(=O)o2)s1. The molecule has 7 heteroatoms. The van der Waals surface area contributed by atoms with Gasteiger partial charge in [-0.15, -0.1) is 16.4 Å². The van der Waals surface area contributed by atoms with Gasteiger partial charge >= 0.3 is 5.76 Å². The van der Waals surface area contributed by atoms with Crippen LogP contribution in [0.4, 0.5) is 0 Å². The molecule has 0 aliphatic carbocycles. The number of hydrogen-bond donors (Lipinski definition) is 2. The molecule has 3 rings (SSSR count). The first kappa shape index (κ1) is 24.3. The molecule has 0 bridgehead atoms. The Labute approximate surface area is 193 Å². The van der Waals surface area contributed by atoms with Crippen LogP contribution in [0.15, 0.2) is 33.5 Å². The van der Waals surface area contributed by atoms with Crippen LogP contribution < -0.4 is 10.5 Å². The fourth-order valence-corrected chi connectivity index (χ4v) is 5.39. The van der Waals surface area contributed by atoms with Crippen molar-refractivity contribution >= 4 is 11.3 Å². The summed E-state index contributed by atoms with van der Waals surface area (Å²) in [6.07, 6.45) is 1.31. The van der Waals surface area contributed by atoms with Gasteiger partial charge in [0.2, 0.25) is 0 Å². The summed E-state index contributed by atoms with van der Waals surface area (Å²) in [6.45, 7) is 14.7. The number of nitrogens with one attached hydrogen (secondary N) is 1. The summed E-state index contributed by atoms with van der Waals surface area (Å²) in [7, 11) is 0. The Balaban J connectivity index is 1.95. The molecule has 1 unspecified atom stereocenters. The molecule has 0 saturated carbocycles. The van der Waals surface area contributed by atoms with Crippen LogP contribution in [0.25, 0.3) is 10.8 Å². The van der Waals surface area contributed by atoms with Crippen LogP contribution in [0.5, 0.6) is 5.75 Å². The number of nitrogens with zero attached hydrogens (tertiary/aromatic N) is 1. The van der Waals surface area contributed by atoms with Gasteiger partial charge in [-0.3, -0.25) is 0 Å². The van der Waals surface area contributed by atoms with Gasteiger partial charge in [0.15, 0.2) is 0 Å². The first-order chi connectivity index (χ1) is 15.0. The van der Waals surface area contributed by atoms with Crippen LogP contribution >= 0.6 is 11.3 Å². The third kappa shape index (κ3) is 4.69. The third-order valence-electron chi connectivity index (χ3n) is 6.35. The Hall–Kier alpha value is -2.38. The van der Waals surface area contributed by atoms with E-state index < -0.39 is 11.9 Å². The average molecular weight is 459 g/mol. The normalized spacial score (nSPS) is 13.4. The molecule has 1 aromatic carbocycles. The van der Waals surface area contributed by atoms with Crippen LogP contribution in [-0.2, 0) is 5.41 Å². The Morgan fingerprint density at radius 1 is 1.16 bits per heavy atom. The second-order valence-corrected chi connectivity index (χ2v) is 10.6. The highest BCUT2D eigenvalue weighted by Crippen LogP contribution is 2.46. The lowest BCUT2D eigenvalue weighted by molar-refractivity contribution is 0.0216. The second-order valence-electron chi connectivity index (χ2n) is 9.50. The van der Waals surface area contributed by atoms with Crippen molar-refractivity contribution in [2.24, 2.45) is 5.41 Å². The zero-order chi connectivity index (χ0) is 23.7. The maximum atomic E-state index is 11.4. The maximum Gasteiger partial charge on any atom is 0.434 e. The molecular weight excluding hydrogens is 424 g/mol. The predicted octanol–water partition coefficient (Wildman–Crippen LogP) is 5.60. The highest BCUT2D eigenvalue weighted by molar-refractivity contribution is 7.15. The van der Waals surface area contributed by atoms with Crippen molar-refractivity contribution in [2.75, 3.05) is 6.61 Å². The van der Waals surface area contributed by atoms with E-state index in [0.29, 0.717) is 5.89 Å². The van der Waals surface area contributed by atoms with Gasteiger partial charge in [-0.25, -0.2) is 9.89 Å². The van der Waals surface area contributed by atoms with E-state index in [1.807, 2.05) is 40.7 Å². The van der Waals surface area contributed by atoms with E-state index in [0.717, 1.165) is 34.6 Å². The zero-order valence-electron chi connectivity index (χ0n) is 20.0. The van der Waals surface area contributed by atoms with E-state index in [2.05, 4.69) is 42.2 Å². The molecule has 6 nitrogen and oxygen atoms in total. The Kier molecular flexibility index (Phi) is 7.00. The molecule has 2 heterocycles. The van der Waals surface area contributed by atoms with E-state index in [1.165, 1.54) is 10.4 Å². The Bertz CT molecular complexity index is 1120. The molecule has 0 spiro atoms. The molecule has 2 aromatic heterocycles. The van der Waals surface area contributed by atoms with Crippen molar-refractivity contribution in [3.8, 4) is 16.5 Å². The van der Waals surface area contributed by atoms with Crippen molar-refractivity contribution in [2.45, 2.75) is 72.8 Å². The molecule has 0 saturated heterocycles. The van der Waals surface area contributed by atoms with Crippen LogP contribution in [0.2, 0.25) is 0 Å². The van der Waals surface area contributed by atoms with E-state index >= 15 is 0 Å². The number of aryl methyl sites for hydroxylation is 2. The number of hydrogen-bond acceptors (Lipinski definition) is 6. The number of benzene rings is 1. The van der Waals surface area contributed by atoms with Crippen molar-refractivity contribution in [3.63, 3.8) is 0 Å². The topological polar surface area (TPSA) is 88.4 Å². The lowest BCUT2D eigenvalue weighted by Crippen LogP contribution is -2.32. The molecule has 0 fully saturated rings. The molecule has 1 atom stereocenters. The highest BCUT2D eigenvalue weighted by Gasteiger charge is 2.34. The molecular formula is C25H34N2O4S. The highest BCUT2D eigenvalue weighted by atomic mass is 32.1. The van der Waals surface area contributed by atoms with Crippen molar-refractivity contribution < 1.29 is 14.3 Å². The van der Waals surface area contributed by atoms with E-state index in [1.54, 1.807) is 11.3 Å². The van der Waals surface area contributed by atoms with Crippen LogP contribution in [0, 0.1) is 19.3 Å². The molecule has 2 N–H and O–H groups in total. The summed E-state index contributed by atoms with van der Waals surface area (Å²) in [6, 6.07) is 8.51. The molecule has 0 amide bonds. The minimum Gasteiger partial charge on any atom is -0.491 e. The first-order valence-electron chi connectivity index (χ1n) is 11.1. The summed E-state index contributed by atoms with van der Waals surface area (Å²) in [5.41, 5.74) is 2.91. The molecule has 174 valence electrons. The van der Waals surface area contributed by atoms with Crippen molar-refractivity contribution in [3.05, 3.63) is 56.4 Å². The van der Waals surface area contributed by atoms with E-state index in [9.17, 15) is 9.90 Å². The standard InChI is InChI=1S/C25H34N2O4S/c1-8-25(9-2,20-13-16(4)21(32-20)22-26-27-23(29)31-22)17-10-11-18(15(3)12-17)30-14-19(28)24(5,6)7/h10-13,19,28H,8-9,14H2,1-7H3,(H,27,29). The smallest absolute Gasteiger partial charge is 0.434 e. The number of aliphatic hydroxyl groups is 1. The number of H-pyrrole nitrogens is 1. The minimum absolute atomic E-state index is 0.168. The van der Waals surface area contributed by atoms with Gasteiger partial charge in [-0.1, -0.05) is 46.8 Å². The van der Waals surface area contributed by atoms with Crippen LogP contribution in [-0.4, -0.2) is 28.0 Å². The monoisotopic (exact) mass is 458 g/mol. The first-order valence-corrected chi connectivity index (χ1v) is 11.9. The second kappa shape index (κ2) is 9.24. The zero-order valence-corrected chi connectivity index (χ0v) is 20.9. The lowest BCUT2D eigenvalue weighted by Gasteiger charge is -2.32. The number of aromatic nitrogens is 2. The third-order valence-corrected chi connectivity index (χ3v) is 7.78. The molecule has 3 aromatic rings. The van der Waals surface area contributed by atoms with Gasteiger partial charge in [-0.05, 0) is 60.9 Å². The van der Waals surface area contributed by atoms with Gasteiger partial charge < -0.3 is 14.3 Å². The quantitative estimate of drug-likeness (QED) is 0.459. The number of rotatable bonds is 8. The fraction of sp³-hybridized carbons (Fsp3) is 0.520. The number of thiophene rings is 1. The number of aliphatic hydroxyl groups excluding tert-OH is 1. The number of ether oxygens (including phenoxy) is 1. The van der Waals surface area contributed by atoms with Crippen LogP contribution in [0.1, 0.15) is 69.0 Å². The van der Waals surface area contributed by atoms with Gasteiger partial charge in [0.25, 0.3) is 5.89 Å². The lowest BCUT2D eigenvalue weighted by atomic mass is 9.74. The van der Waals surface area contributed by atoms with Gasteiger partial charge in [0.1, 0.15) is 12.4 Å². The Morgan fingerprint density at radius 3 is 2.38 bits per heavy atom. The minimum atomic E-state index is -0.547. The fourth-order valence-electron chi connectivity index (χ4n) is 3.93. The Morgan fingerprint density at radius 2 is 1.84 bits per heavy atom. The summed E-state index contributed by atoms with van der Waals surface area (Å²) < 4.78 is 11.2. The summed E-state index contributed by atoms with van der Waals surface area (Å²) in [5.74, 6) is 0.580. The van der Waals surface area contributed by atoms with Crippen LogP contribution in [0.3, 0.4) is 0 Å². The summed E-state index contributed by atoms with van der Waals surface area (Å²) >= 11 is 1.62. The van der Waals surface area contributed by atoms with E-state index in [-0.39, 0.29) is 17.4 Å². The van der Waals surface area contributed by atoms with Gasteiger partial charge in [0.05, 0.1) is 11.0 Å². The molecule has 32 heavy (non-hydrogen) atoms. The predicted molar refractivity (Wildman–Crippen MR) is 129 cm³/mol. The van der Waals surface area contributed by atoms with Gasteiger partial charge in [0, 0.05) is 10.3 Å². The van der Waals surface area contributed by atoms with E-state index in [4.69, 9.17) is 9.15 Å². The largest absolute Gasteiger partial charge is 0.491 e. The van der Waals surface area contributed by atoms with Crippen molar-refractivity contribution in [1.82, 2.24) is 10.2 Å².